The van der Waals surface area contributed by atoms with Crippen molar-refractivity contribution in [2.24, 2.45) is 5.73 Å². The van der Waals surface area contributed by atoms with Crippen LogP contribution in [0.5, 0.6) is 5.75 Å². The lowest BCUT2D eigenvalue weighted by atomic mass is 10.2. The first kappa shape index (κ1) is 17.7. The number of ether oxygens (including phenoxy) is 1. The summed E-state index contributed by atoms with van der Waals surface area (Å²) in [6.07, 6.45) is 0. The van der Waals surface area contributed by atoms with E-state index >= 15 is 0 Å². The van der Waals surface area contributed by atoms with Crippen LogP contribution in [0.2, 0.25) is 5.02 Å². The van der Waals surface area contributed by atoms with Gasteiger partial charge in [-0.15, -0.1) is 11.3 Å². The minimum Gasteiger partial charge on any atom is -0.483 e. The number of nitrogens with two attached hydrogens (primary N) is 1. The van der Waals surface area contributed by atoms with Gasteiger partial charge in [-0.25, -0.2) is 13.1 Å². The van der Waals surface area contributed by atoms with Crippen molar-refractivity contribution in [3.05, 3.63) is 45.1 Å². The Bertz CT molecular complexity index is 804. The molecule has 0 atom stereocenters. The van der Waals surface area contributed by atoms with Gasteiger partial charge in [-0.3, -0.25) is 4.79 Å². The van der Waals surface area contributed by atoms with Crippen LogP contribution < -0.4 is 15.2 Å². The van der Waals surface area contributed by atoms with Gasteiger partial charge in [0.1, 0.15) is 10.6 Å². The third-order valence-corrected chi connectivity index (χ3v) is 5.65. The minimum absolute atomic E-state index is 0.0765. The zero-order valence-electron chi connectivity index (χ0n) is 12.2. The van der Waals surface area contributed by atoms with Crippen molar-refractivity contribution in [2.45, 2.75) is 18.4 Å². The van der Waals surface area contributed by atoms with Crippen LogP contribution in [0, 0.1) is 6.92 Å². The molecule has 0 unspecified atom stereocenters. The Kier molecular flexibility index (Phi) is 5.64. The molecule has 0 aliphatic heterocycles. The number of hydrogen-bond acceptors (Lipinski definition) is 5. The monoisotopic (exact) mass is 374 g/mol. The van der Waals surface area contributed by atoms with Crippen molar-refractivity contribution in [3.63, 3.8) is 0 Å². The summed E-state index contributed by atoms with van der Waals surface area (Å²) in [6.45, 7) is 1.52. The van der Waals surface area contributed by atoms with Crippen LogP contribution in [-0.4, -0.2) is 20.9 Å². The van der Waals surface area contributed by atoms with Gasteiger partial charge in [-0.2, -0.15) is 0 Å². The Morgan fingerprint density at radius 2 is 2.17 bits per heavy atom. The summed E-state index contributed by atoms with van der Waals surface area (Å²) >= 11 is 7.49. The zero-order valence-corrected chi connectivity index (χ0v) is 14.6. The van der Waals surface area contributed by atoms with E-state index in [9.17, 15) is 13.2 Å². The molecule has 1 heterocycles. The average molecular weight is 375 g/mol. The van der Waals surface area contributed by atoms with E-state index in [1.165, 1.54) is 23.5 Å². The maximum Gasteiger partial charge on any atom is 0.255 e. The van der Waals surface area contributed by atoms with Crippen molar-refractivity contribution in [1.82, 2.24) is 4.72 Å². The van der Waals surface area contributed by atoms with Crippen LogP contribution in [0.4, 0.5) is 0 Å². The molecule has 0 fully saturated rings. The first-order valence-electron chi connectivity index (χ1n) is 6.53. The highest BCUT2D eigenvalue weighted by molar-refractivity contribution is 7.89. The number of rotatable bonds is 7. The summed E-state index contributed by atoms with van der Waals surface area (Å²) in [6, 6.07) is 6.42. The highest BCUT2D eigenvalue weighted by atomic mass is 35.5. The van der Waals surface area contributed by atoms with Gasteiger partial charge >= 0.3 is 0 Å². The van der Waals surface area contributed by atoms with Crippen LogP contribution >= 0.6 is 22.9 Å². The number of halogens is 1. The van der Waals surface area contributed by atoms with Crippen molar-refractivity contribution in [1.29, 1.82) is 0 Å². The quantitative estimate of drug-likeness (QED) is 0.774. The molecule has 3 N–H and O–H groups in total. The second-order valence-electron chi connectivity index (χ2n) is 4.71. The molecule has 2 aromatic rings. The SMILES string of the molecule is Cc1cc(Cl)c(S(=O)(=O)NCc2cccs2)cc1OCC(N)=O. The number of nitrogens with one attached hydrogen (secondary N) is 1. The number of carbonyl (C=O) groups is 1. The van der Waals surface area contributed by atoms with Crippen LogP contribution in [0.3, 0.4) is 0 Å². The summed E-state index contributed by atoms with van der Waals surface area (Å²) in [4.78, 5) is 11.6. The van der Waals surface area contributed by atoms with Crippen molar-refractivity contribution in [3.8, 4) is 5.75 Å². The number of primary amides is 1. The molecule has 9 heteroatoms. The van der Waals surface area contributed by atoms with E-state index in [0.717, 1.165) is 4.88 Å². The highest BCUT2D eigenvalue weighted by Gasteiger charge is 2.20. The van der Waals surface area contributed by atoms with Gasteiger partial charge in [-0.05, 0) is 30.0 Å². The van der Waals surface area contributed by atoms with Crippen molar-refractivity contribution < 1.29 is 17.9 Å². The summed E-state index contributed by atoms with van der Waals surface area (Å²) in [5, 5.41) is 1.94. The second-order valence-corrected chi connectivity index (χ2v) is 7.88. The maximum absolute atomic E-state index is 12.4. The summed E-state index contributed by atoms with van der Waals surface area (Å²) in [5.41, 5.74) is 5.63. The first-order valence-corrected chi connectivity index (χ1v) is 9.27. The van der Waals surface area contributed by atoms with E-state index in [2.05, 4.69) is 4.72 Å². The van der Waals surface area contributed by atoms with E-state index in [0.29, 0.717) is 5.56 Å². The lowest BCUT2D eigenvalue weighted by Gasteiger charge is -2.12. The molecule has 0 saturated heterocycles. The molecule has 6 nitrogen and oxygen atoms in total. The van der Waals surface area contributed by atoms with Crippen LogP contribution in [0.1, 0.15) is 10.4 Å². The molecule has 0 bridgehead atoms. The lowest BCUT2D eigenvalue weighted by Crippen LogP contribution is -2.24. The molecular formula is C14H15ClN2O4S2. The molecule has 0 aliphatic carbocycles. The third kappa shape index (κ3) is 4.68. The fourth-order valence-corrected chi connectivity index (χ4v) is 4.14. The molecular weight excluding hydrogens is 360 g/mol. The predicted octanol–water partition coefficient (Wildman–Crippen LogP) is 2.05. The molecule has 124 valence electrons. The first-order chi connectivity index (χ1) is 10.8. The molecule has 23 heavy (non-hydrogen) atoms. The second kappa shape index (κ2) is 7.31. The van der Waals surface area contributed by atoms with E-state index in [-0.39, 0.29) is 28.8 Å². The van der Waals surface area contributed by atoms with Gasteiger partial charge in [0.25, 0.3) is 5.91 Å². The van der Waals surface area contributed by atoms with Gasteiger partial charge in [0.05, 0.1) is 5.02 Å². The van der Waals surface area contributed by atoms with Crippen molar-refractivity contribution >= 4 is 38.9 Å². The van der Waals surface area contributed by atoms with E-state index < -0.39 is 15.9 Å². The van der Waals surface area contributed by atoms with E-state index in [4.69, 9.17) is 22.1 Å². The zero-order chi connectivity index (χ0) is 17.0. The highest BCUT2D eigenvalue weighted by Crippen LogP contribution is 2.30. The standard InChI is InChI=1S/C14H15ClN2O4S2/c1-9-5-11(15)13(6-12(9)21-8-14(16)18)23(19,20)17-7-10-3-2-4-22-10/h2-6,17H,7-8H2,1H3,(H2,16,18). The fourth-order valence-electron chi connectivity index (χ4n) is 1.80. The Balaban J connectivity index is 2.25. The topological polar surface area (TPSA) is 98.5 Å². The normalized spacial score (nSPS) is 11.4. The molecule has 0 spiro atoms. The smallest absolute Gasteiger partial charge is 0.255 e. The van der Waals surface area contributed by atoms with Gasteiger partial charge in [0.2, 0.25) is 10.0 Å². The maximum atomic E-state index is 12.4. The van der Waals surface area contributed by atoms with Crippen molar-refractivity contribution in [2.75, 3.05) is 6.61 Å². The molecule has 1 aromatic carbocycles. The largest absolute Gasteiger partial charge is 0.483 e. The number of hydrogen-bond donors (Lipinski definition) is 2. The lowest BCUT2D eigenvalue weighted by molar-refractivity contribution is -0.119. The van der Waals surface area contributed by atoms with Gasteiger partial charge in [-0.1, -0.05) is 17.7 Å². The Morgan fingerprint density at radius 3 is 2.78 bits per heavy atom. The van der Waals surface area contributed by atoms with Crippen LogP contribution in [0.15, 0.2) is 34.5 Å². The predicted molar refractivity (Wildman–Crippen MR) is 89.2 cm³/mol. The van der Waals surface area contributed by atoms with Gasteiger partial charge in [0.15, 0.2) is 6.61 Å². The summed E-state index contributed by atoms with van der Waals surface area (Å²) in [7, 11) is -3.82. The summed E-state index contributed by atoms with van der Waals surface area (Å²) < 4.78 is 32.5. The number of sulfonamides is 1. The molecule has 0 saturated carbocycles. The fraction of sp³-hybridized carbons (Fsp3) is 0.214. The van der Waals surface area contributed by atoms with E-state index in [1.807, 2.05) is 17.5 Å². The number of benzene rings is 1. The number of carbonyl (C=O) groups excluding carboxylic acids is 1. The summed E-state index contributed by atoms with van der Waals surface area (Å²) in [5.74, 6) is -0.413. The number of aryl methyl sites for hydroxylation is 1. The Morgan fingerprint density at radius 1 is 1.43 bits per heavy atom. The van der Waals surface area contributed by atoms with E-state index in [1.54, 1.807) is 6.92 Å². The molecule has 1 amide bonds. The van der Waals surface area contributed by atoms with Gasteiger partial charge in [0, 0.05) is 17.5 Å². The molecule has 1 aromatic heterocycles. The molecule has 0 aliphatic rings. The number of thiophene rings is 1. The number of amides is 1. The molecule has 2 rings (SSSR count). The van der Waals surface area contributed by atoms with Crippen LogP contribution in [-0.2, 0) is 21.4 Å². The van der Waals surface area contributed by atoms with Crippen LogP contribution in [0.25, 0.3) is 0 Å². The average Bonchev–Trinajstić information content (AvgIpc) is 2.97. The van der Waals surface area contributed by atoms with Gasteiger partial charge < -0.3 is 10.5 Å². The minimum atomic E-state index is -3.82. The Hall–Kier alpha value is -1.61. The molecule has 0 radical (unpaired) electrons. The Labute approximate surface area is 143 Å². The third-order valence-electron chi connectivity index (χ3n) is 2.91.